The molecule has 3 rings (SSSR count). The molecular weight excluding hydrogens is 402 g/mol. The van der Waals surface area contributed by atoms with Crippen molar-refractivity contribution in [3.8, 4) is 0 Å². The van der Waals surface area contributed by atoms with E-state index in [1.807, 2.05) is 0 Å². The molecule has 0 aromatic heterocycles. The lowest BCUT2D eigenvalue weighted by molar-refractivity contribution is 0.00613. The standard InChI is InChI=1S/C22H34BrNOSi/c1-22(2,3)26(4,5)25-21-15-20(16-21)24-12-10-18(11-13-24)14-17-6-8-19(23)9-7-17/h6-9,14,20-21H,10-13,15-16H2,1-5H3. The number of benzene rings is 1. The van der Waals surface area contributed by atoms with Gasteiger partial charge in [0, 0.05) is 29.7 Å². The van der Waals surface area contributed by atoms with Crippen LogP contribution in [0.15, 0.2) is 34.3 Å². The van der Waals surface area contributed by atoms with Gasteiger partial charge in [-0.15, -0.1) is 0 Å². The minimum Gasteiger partial charge on any atom is -0.414 e. The molecule has 1 saturated heterocycles. The number of hydrogen-bond acceptors (Lipinski definition) is 2. The Balaban J connectivity index is 1.45. The van der Waals surface area contributed by atoms with E-state index >= 15 is 0 Å². The van der Waals surface area contributed by atoms with E-state index in [-0.39, 0.29) is 0 Å². The summed E-state index contributed by atoms with van der Waals surface area (Å²) in [6, 6.07) is 9.38. The molecule has 2 nitrogen and oxygen atoms in total. The number of rotatable bonds is 4. The molecule has 1 aromatic carbocycles. The van der Waals surface area contributed by atoms with Crippen LogP contribution in [-0.2, 0) is 4.43 Å². The minimum absolute atomic E-state index is 0.315. The van der Waals surface area contributed by atoms with Crippen LogP contribution in [0.1, 0.15) is 52.0 Å². The maximum Gasteiger partial charge on any atom is 0.192 e. The van der Waals surface area contributed by atoms with Crippen LogP contribution in [0.3, 0.4) is 0 Å². The Hall–Kier alpha value is -0.423. The van der Waals surface area contributed by atoms with E-state index in [4.69, 9.17) is 4.43 Å². The Morgan fingerprint density at radius 3 is 2.19 bits per heavy atom. The number of likely N-dealkylation sites (tertiary alicyclic amines) is 1. The van der Waals surface area contributed by atoms with Crippen molar-refractivity contribution in [2.75, 3.05) is 13.1 Å². The van der Waals surface area contributed by atoms with E-state index in [9.17, 15) is 0 Å². The molecule has 2 aliphatic rings. The SMILES string of the molecule is CC(C)(C)[Si](C)(C)OC1CC(N2CCC(=Cc3ccc(Br)cc3)CC2)C1. The molecule has 0 spiro atoms. The molecule has 0 bridgehead atoms. The maximum absolute atomic E-state index is 6.57. The third-order valence-electron chi connectivity index (χ3n) is 6.53. The van der Waals surface area contributed by atoms with Gasteiger partial charge < -0.3 is 4.43 Å². The van der Waals surface area contributed by atoms with Gasteiger partial charge in [0.05, 0.1) is 0 Å². The predicted octanol–water partition coefficient (Wildman–Crippen LogP) is 6.48. The fourth-order valence-electron chi connectivity index (χ4n) is 3.64. The zero-order valence-corrected chi connectivity index (χ0v) is 19.6. The number of halogens is 1. The van der Waals surface area contributed by atoms with Gasteiger partial charge in [0.2, 0.25) is 0 Å². The third-order valence-corrected chi connectivity index (χ3v) is 11.6. The van der Waals surface area contributed by atoms with Gasteiger partial charge in [-0.25, -0.2) is 0 Å². The second kappa shape index (κ2) is 7.90. The van der Waals surface area contributed by atoms with E-state index in [0.717, 1.165) is 10.5 Å². The second-order valence-corrected chi connectivity index (χ2v) is 15.2. The molecule has 1 aromatic rings. The van der Waals surface area contributed by atoms with E-state index in [1.54, 1.807) is 5.57 Å². The van der Waals surface area contributed by atoms with Crippen LogP contribution < -0.4 is 0 Å². The normalized spacial score (nSPS) is 25.1. The van der Waals surface area contributed by atoms with E-state index in [0.29, 0.717) is 11.1 Å². The van der Waals surface area contributed by atoms with Crippen molar-refractivity contribution in [3.05, 3.63) is 39.9 Å². The third kappa shape index (κ3) is 4.89. The first-order valence-electron chi connectivity index (χ1n) is 10.0. The van der Waals surface area contributed by atoms with Gasteiger partial charge in [-0.3, -0.25) is 4.90 Å². The number of piperidine rings is 1. The van der Waals surface area contributed by atoms with Crippen molar-refractivity contribution in [2.45, 2.75) is 76.7 Å². The topological polar surface area (TPSA) is 12.5 Å². The number of nitrogens with zero attached hydrogens (tertiary/aromatic N) is 1. The Bertz CT molecular complexity index is 631. The van der Waals surface area contributed by atoms with Crippen LogP contribution in [0, 0.1) is 0 Å². The van der Waals surface area contributed by atoms with Crippen LogP contribution in [0.5, 0.6) is 0 Å². The van der Waals surface area contributed by atoms with Gasteiger partial charge in [-0.05, 0) is 61.5 Å². The van der Waals surface area contributed by atoms with Crippen molar-refractivity contribution >= 4 is 30.3 Å². The fraction of sp³-hybridized carbons (Fsp3) is 0.636. The highest BCUT2D eigenvalue weighted by atomic mass is 79.9. The molecule has 2 fully saturated rings. The van der Waals surface area contributed by atoms with Gasteiger partial charge in [-0.1, -0.05) is 60.5 Å². The molecule has 1 heterocycles. The molecule has 0 atom stereocenters. The molecule has 26 heavy (non-hydrogen) atoms. The summed E-state index contributed by atoms with van der Waals surface area (Å²) in [6.45, 7) is 14.2. The molecule has 0 N–H and O–H groups in total. The van der Waals surface area contributed by atoms with Crippen LogP contribution >= 0.6 is 15.9 Å². The lowest BCUT2D eigenvalue weighted by Crippen LogP contribution is -2.54. The van der Waals surface area contributed by atoms with Crippen LogP contribution in [0.25, 0.3) is 6.08 Å². The minimum atomic E-state index is -1.61. The quantitative estimate of drug-likeness (QED) is 0.501. The van der Waals surface area contributed by atoms with E-state index in [2.05, 4.69) is 85.0 Å². The number of hydrogen-bond donors (Lipinski definition) is 0. The van der Waals surface area contributed by atoms with Crippen molar-refractivity contribution in [2.24, 2.45) is 0 Å². The zero-order chi connectivity index (χ0) is 18.9. The van der Waals surface area contributed by atoms with Crippen molar-refractivity contribution < 1.29 is 4.43 Å². The first-order valence-corrected chi connectivity index (χ1v) is 13.7. The molecular formula is C22H34BrNOSi. The van der Waals surface area contributed by atoms with Gasteiger partial charge in [0.25, 0.3) is 0 Å². The highest BCUT2D eigenvalue weighted by molar-refractivity contribution is 9.10. The lowest BCUT2D eigenvalue weighted by Gasteiger charge is -2.49. The smallest absolute Gasteiger partial charge is 0.192 e. The monoisotopic (exact) mass is 435 g/mol. The molecule has 0 unspecified atom stereocenters. The van der Waals surface area contributed by atoms with E-state index in [1.165, 1.54) is 44.3 Å². The first-order chi connectivity index (χ1) is 12.1. The Kier molecular flexibility index (Phi) is 6.17. The van der Waals surface area contributed by atoms with Crippen LogP contribution in [-0.4, -0.2) is 38.5 Å². The Morgan fingerprint density at radius 2 is 1.65 bits per heavy atom. The summed E-state index contributed by atoms with van der Waals surface area (Å²) >= 11 is 3.51. The molecule has 0 radical (unpaired) electrons. The summed E-state index contributed by atoms with van der Waals surface area (Å²) in [5, 5.41) is 0.315. The Morgan fingerprint density at radius 1 is 1.08 bits per heavy atom. The summed E-state index contributed by atoms with van der Waals surface area (Å²) in [5.74, 6) is 0. The average molecular weight is 437 g/mol. The van der Waals surface area contributed by atoms with Crippen molar-refractivity contribution in [3.63, 3.8) is 0 Å². The summed E-state index contributed by atoms with van der Waals surface area (Å²) in [5.41, 5.74) is 2.92. The van der Waals surface area contributed by atoms with Crippen LogP contribution in [0.2, 0.25) is 18.1 Å². The van der Waals surface area contributed by atoms with Crippen molar-refractivity contribution in [1.29, 1.82) is 0 Å². The lowest BCUT2D eigenvalue weighted by atomic mass is 9.86. The Labute approximate surface area is 169 Å². The van der Waals surface area contributed by atoms with Gasteiger partial charge in [0.1, 0.15) is 0 Å². The molecule has 4 heteroatoms. The highest BCUT2D eigenvalue weighted by Crippen LogP contribution is 2.41. The molecule has 1 aliphatic carbocycles. The zero-order valence-electron chi connectivity index (χ0n) is 17.0. The van der Waals surface area contributed by atoms with E-state index < -0.39 is 8.32 Å². The predicted molar refractivity (Wildman–Crippen MR) is 118 cm³/mol. The van der Waals surface area contributed by atoms with Gasteiger partial charge in [0.15, 0.2) is 8.32 Å². The van der Waals surface area contributed by atoms with Gasteiger partial charge in [-0.2, -0.15) is 0 Å². The van der Waals surface area contributed by atoms with Crippen LogP contribution in [0.4, 0.5) is 0 Å². The maximum atomic E-state index is 6.57. The largest absolute Gasteiger partial charge is 0.414 e. The fourth-order valence-corrected chi connectivity index (χ4v) is 5.28. The summed E-state index contributed by atoms with van der Waals surface area (Å²) in [6.07, 6.45) is 7.77. The van der Waals surface area contributed by atoms with Gasteiger partial charge >= 0.3 is 0 Å². The molecule has 0 amide bonds. The highest BCUT2D eigenvalue weighted by Gasteiger charge is 2.43. The van der Waals surface area contributed by atoms with Crippen molar-refractivity contribution in [1.82, 2.24) is 4.90 Å². The summed E-state index contributed by atoms with van der Waals surface area (Å²) < 4.78 is 7.71. The first kappa shape index (κ1) is 20.3. The average Bonchev–Trinajstić information content (AvgIpc) is 2.53. The summed E-state index contributed by atoms with van der Waals surface area (Å²) in [7, 11) is -1.61. The molecule has 144 valence electrons. The molecule has 1 aliphatic heterocycles. The molecule has 1 saturated carbocycles. The second-order valence-electron chi connectivity index (χ2n) is 9.52. The summed E-state index contributed by atoms with van der Waals surface area (Å²) in [4.78, 5) is 2.70.